The van der Waals surface area contributed by atoms with Gasteiger partial charge in [0.25, 0.3) is 5.56 Å². The van der Waals surface area contributed by atoms with Gasteiger partial charge < -0.3 is 5.73 Å². The maximum Gasteiger partial charge on any atom is 0.329 e. The molecular formula is C16H16N4O2S. The Hall–Kier alpha value is -2.67. The molecule has 0 amide bonds. The summed E-state index contributed by atoms with van der Waals surface area (Å²) in [6, 6.07) is 9.97. The van der Waals surface area contributed by atoms with E-state index in [0.29, 0.717) is 18.7 Å². The molecule has 0 saturated carbocycles. The van der Waals surface area contributed by atoms with E-state index in [-0.39, 0.29) is 11.4 Å². The summed E-state index contributed by atoms with van der Waals surface area (Å²) in [5.41, 5.74) is 6.89. The number of H-pyrrole nitrogens is 1. The van der Waals surface area contributed by atoms with E-state index in [0.717, 1.165) is 10.6 Å². The maximum atomic E-state index is 12.1. The van der Waals surface area contributed by atoms with E-state index in [1.807, 2.05) is 30.3 Å². The van der Waals surface area contributed by atoms with E-state index in [2.05, 4.69) is 9.97 Å². The Morgan fingerprint density at radius 1 is 1.26 bits per heavy atom. The molecule has 6 nitrogen and oxygen atoms in total. The second kappa shape index (κ2) is 6.21. The molecule has 0 saturated heterocycles. The van der Waals surface area contributed by atoms with Crippen LogP contribution in [0.1, 0.15) is 17.5 Å². The Kier molecular flexibility index (Phi) is 4.12. The van der Waals surface area contributed by atoms with E-state index in [1.54, 1.807) is 12.3 Å². The van der Waals surface area contributed by atoms with Crippen molar-refractivity contribution in [2.24, 2.45) is 0 Å². The molecule has 0 aliphatic rings. The van der Waals surface area contributed by atoms with Gasteiger partial charge in [0.15, 0.2) is 0 Å². The number of hydrogen-bond acceptors (Lipinski definition) is 5. The number of anilines is 1. The zero-order valence-electron chi connectivity index (χ0n) is 12.6. The topological polar surface area (TPSA) is 93.8 Å². The first-order valence-electron chi connectivity index (χ1n) is 7.21. The number of nitrogen functional groups attached to an aromatic ring is 1. The van der Waals surface area contributed by atoms with Gasteiger partial charge in [0.2, 0.25) is 0 Å². The van der Waals surface area contributed by atoms with Gasteiger partial charge in [-0.2, -0.15) is 0 Å². The zero-order valence-corrected chi connectivity index (χ0v) is 13.4. The van der Waals surface area contributed by atoms with Gasteiger partial charge in [-0.25, -0.2) is 9.78 Å². The third-order valence-corrected chi connectivity index (χ3v) is 4.41. The highest BCUT2D eigenvalue weighted by Gasteiger charge is 2.16. The third kappa shape index (κ3) is 2.95. The maximum absolute atomic E-state index is 12.1. The highest BCUT2D eigenvalue weighted by atomic mass is 32.1. The second-order valence-electron chi connectivity index (χ2n) is 5.05. The molecule has 2 aromatic heterocycles. The van der Waals surface area contributed by atoms with Crippen molar-refractivity contribution in [3.63, 3.8) is 0 Å². The first kappa shape index (κ1) is 15.2. The van der Waals surface area contributed by atoms with Gasteiger partial charge in [0, 0.05) is 18.3 Å². The van der Waals surface area contributed by atoms with Crippen LogP contribution in [-0.2, 0) is 13.0 Å². The largest absolute Gasteiger partial charge is 0.384 e. The first-order chi connectivity index (χ1) is 11.1. The highest BCUT2D eigenvalue weighted by Crippen LogP contribution is 2.24. The smallest absolute Gasteiger partial charge is 0.329 e. The van der Waals surface area contributed by atoms with Crippen molar-refractivity contribution >= 4 is 17.2 Å². The number of thiazole rings is 1. The summed E-state index contributed by atoms with van der Waals surface area (Å²) >= 11 is 1.47. The number of aromatic nitrogens is 3. The van der Waals surface area contributed by atoms with Crippen LogP contribution in [0.2, 0.25) is 0 Å². The molecule has 2 heterocycles. The molecule has 0 atom stereocenters. The van der Waals surface area contributed by atoms with Crippen LogP contribution in [0.15, 0.2) is 45.3 Å². The van der Waals surface area contributed by atoms with Crippen molar-refractivity contribution < 1.29 is 0 Å². The normalized spacial score (nSPS) is 10.8. The number of benzene rings is 1. The number of nitrogens with zero attached hydrogens (tertiary/aromatic N) is 2. The summed E-state index contributed by atoms with van der Waals surface area (Å²) in [6.45, 7) is 2.18. The van der Waals surface area contributed by atoms with Gasteiger partial charge in [-0.3, -0.25) is 14.3 Å². The Morgan fingerprint density at radius 2 is 2.00 bits per heavy atom. The molecule has 1 aromatic carbocycles. The van der Waals surface area contributed by atoms with Gasteiger partial charge in [-0.1, -0.05) is 30.3 Å². The number of nitrogens with one attached hydrogen (secondary N) is 1. The summed E-state index contributed by atoms with van der Waals surface area (Å²) < 4.78 is 1.33. The van der Waals surface area contributed by atoms with Crippen molar-refractivity contribution in [3.8, 4) is 11.3 Å². The molecule has 3 aromatic rings. The fourth-order valence-corrected chi connectivity index (χ4v) is 3.25. The number of nitrogens with two attached hydrogens (primary N) is 1. The lowest BCUT2D eigenvalue weighted by atomic mass is 10.2. The van der Waals surface area contributed by atoms with Gasteiger partial charge in [0.1, 0.15) is 11.4 Å². The molecule has 0 fully saturated rings. The van der Waals surface area contributed by atoms with Crippen LogP contribution >= 0.6 is 11.3 Å². The van der Waals surface area contributed by atoms with Crippen molar-refractivity contribution in [2.45, 2.75) is 19.9 Å². The molecule has 3 N–H and O–H groups in total. The Bertz CT molecular complexity index is 941. The SMILES string of the molecule is CCn1c(N)c(-c2csc(Cc3ccccc3)n2)c(=O)[nH]c1=O. The van der Waals surface area contributed by atoms with Gasteiger partial charge in [-0.15, -0.1) is 11.3 Å². The predicted molar refractivity (Wildman–Crippen MR) is 91.8 cm³/mol. The predicted octanol–water partition coefficient (Wildman–Crippen LogP) is 1.85. The summed E-state index contributed by atoms with van der Waals surface area (Å²) in [5, 5.41) is 2.68. The van der Waals surface area contributed by atoms with Gasteiger partial charge >= 0.3 is 5.69 Å². The lowest BCUT2D eigenvalue weighted by Crippen LogP contribution is -2.32. The minimum absolute atomic E-state index is 0.151. The van der Waals surface area contributed by atoms with Gasteiger partial charge in [-0.05, 0) is 12.5 Å². The quantitative estimate of drug-likeness (QED) is 0.764. The molecule has 0 radical (unpaired) electrons. The van der Waals surface area contributed by atoms with Crippen molar-refractivity contribution in [3.05, 3.63) is 67.1 Å². The van der Waals surface area contributed by atoms with Crippen molar-refractivity contribution in [1.82, 2.24) is 14.5 Å². The molecule has 118 valence electrons. The highest BCUT2D eigenvalue weighted by molar-refractivity contribution is 7.10. The molecule has 0 bridgehead atoms. The number of aromatic amines is 1. The molecule has 23 heavy (non-hydrogen) atoms. The molecule has 3 rings (SSSR count). The fourth-order valence-electron chi connectivity index (χ4n) is 2.43. The minimum Gasteiger partial charge on any atom is -0.384 e. The van der Waals surface area contributed by atoms with Crippen LogP contribution in [0.25, 0.3) is 11.3 Å². The number of hydrogen-bond donors (Lipinski definition) is 2. The van der Waals surface area contributed by atoms with Crippen LogP contribution in [0, 0.1) is 0 Å². The second-order valence-corrected chi connectivity index (χ2v) is 6.00. The van der Waals surface area contributed by atoms with E-state index in [9.17, 15) is 9.59 Å². The molecule has 0 spiro atoms. The standard InChI is InChI=1S/C16H16N4O2S/c1-2-20-14(17)13(15(21)19-16(20)22)11-9-23-12(18-11)8-10-6-4-3-5-7-10/h3-7,9H,2,8,17H2,1H3,(H,19,21,22). The van der Waals surface area contributed by atoms with E-state index in [1.165, 1.54) is 15.9 Å². The molecule has 0 aliphatic heterocycles. The average Bonchev–Trinajstić information content (AvgIpc) is 2.96. The van der Waals surface area contributed by atoms with E-state index >= 15 is 0 Å². The Balaban J connectivity index is 2.01. The van der Waals surface area contributed by atoms with E-state index in [4.69, 9.17) is 5.73 Å². The van der Waals surface area contributed by atoms with Crippen LogP contribution in [0.5, 0.6) is 0 Å². The summed E-state index contributed by atoms with van der Waals surface area (Å²) in [7, 11) is 0. The van der Waals surface area contributed by atoms with Gasteiger partial charge in [0.05, 0.1) is 10.7 Å². The third-order valence-electron chi connectivity index (χ3n) is 3.56. The molecule has 7 heteroatoms. The number of rotatable bonds is 4. The van der Waals surface area contributed by atoms with Crippen LogP contribution in [0.3, 0.4) is 0 Å². The first-order valence-corrected chi connectivity index (χ1v) is 8.09. The lowest BCUT2D eigenvalue weighted by Gasteiger charge is -2.08. The van der Waals surface area contributed by atoms with E-state index < -0.39 is 11.2 Å². The minimum atomic E-state index is -0.506. The molecule has 0 unspecified atom stereocenters. The Labute approximate surface area is 136 Å². The molecule has 0 aliphatic carbocycles. The van der Waals surface area contributed by atoms with Crippen LogP contribution in [0.4, 0.5) is 5.82 Å². The van der Waals surface area contributed by atoms with Crippen LogP contribution < -0.4 is 17.0 Å². The Morgan fingerprint density at radius 3 is 2.70 bits per heavy atom. The monoisotopic (exact) mass is 328 g/mol. The zero-order chi connectivity index (χ0) is 16.4. The summed E-state index contributed by atoms with van der Waals surface area (Å²) in [5.74, 6) is 0.151. The van der Waals surface area contributed by atoms with Crippen molar-refractivity contribution in [2.75, 3.05) is 5.73 Å². The fraction of sp³-hybridized carbons (Fsp3) is 0.188. The molecular weight excluding hydrogens is 312 g/mol. The lowest BCUT2D eigenvalue weighted by molar-refractivity contribution is 0.706. The summed E-state index contributed by atoms with van der Waals surface area (Å²) in [4.78, 5) is 30.6. The summed E-state index contributed by atoms with van der Waals surface area (Å²) in [6.07, 6.45) is 0.691. The van der Waals surface area contributed by atoms with Crippen LogP contribution in [-0.4, -0.2) is 14.5 Å². The average molecular weight is 328 g/mol. The van der Waals surface area contributed by atoms with Crippen molar-refractivity contribution in [1.29, 1.82) is 0 Å².